The predicted octanol–water partition coefficient (Wildman–Crippen LogP) is 0.687. The first-order chi connectivity index (χ1) is 8.20. The molecule has 1 heterocycles. The van der Waals surface area contributed by atoms with E-state index < -0.39 is 35.7 Å². The highest BCUT2D eigenvalue weighted by Crippen LogP contribution is 2.43. The first-order valence-electron chi connectivity index (χ1n) is 6.11. The van der Waals surface area contributed by atoms with Crippen LogP contribution in [0.4, 0.5) is 4.79 Å². The van der Waals surface area contributed by atoms with Crippen molar-refractivity contribution in [3.05, 3.63) is 0 Å². The molecule has 0 aromatic carbocycles. The molecule has 1 aliphatic heterocycles. The quantitative estimate of drug-likeness (QED) is 0.721. The Balaban J connectivity index is 2.13. The molecule has 18 heavy (non-hydrogen) atoms. The van der Waals surface area contributed by atoms with E-state index in [1.807, 2.05) is 0 Å². The van der Waals surface area contributed by atoms with Gasteiger partial charge in [0.2, 0.25) is 0 Å². The van der Waals surface area contributed by atoms with Crippen LogP contribution >= 0.6 is 0 Å². The number of nitrogens with zero attached hydrogens (tertiary/aromatic N) is 1. The number of amides is 1. The van der Waals surface area contributed by atoms with Crippen LogP contribution in [0.5, 0.6) is 0 Å². The van der Waals surface area contributed by atoms with Gasteiger partial charge in [0.1, 0.15) is 5.60 Å². The maximum absolute atomic E-state index is 12.0. The highest BCUT2D eigenvalue weighted by Gasteiger charge is 2.57. The monoisotopic (exact) mass is 257 g/mol. The summed E-state index contributed by atoms with van der Waals surface area (Å²) in [5.74, 6) is -1.80. The van der Waals surface area contributed by atoms with Gasteiger partial charge in [-0.25, -0.2) is 4.79 Å². The van der Waals surface area contributed by atoms with E-state index in [1.54, 1.807) is 20.8 Å². The molecule has 6 nitrogen and oxygen atoms in total. The number of hydrogen-bond acceptors (Lipinski definition) is 4. The van der Waals surface area contributed by atoms with Crippen molar-refractivity contribution in [2.24, 2.45) is 11.8 Å². The van der Waals surface area contributed by atoms with Crippen LogP contribution < -0.4 is 0 Å². The van der Waals surface area contributed by atoms with Crippen molar-refractivity contribution in [3.8, 4) is 0 Å². The van der Waals surface area contributed by atoms with Gasteiger partial charge in [0.05, 0.1) is 18.1 Å². The zero-order chi connectivity index (χ0) is 13.7. The molecule has 0 aromatic rings. The third kappa shape index (κ3) is 2.16. The number of carboxylic acids is 1. The van der Waals surface area contributed by atoms with Crippen LogP contribution in [-0.2, 0) is 9.53 Å². The molecule has 1 saturated carbocycles. The van der Waals surface area contributed by atoms with E-state index in [1.165, 1.54) is 4.90 Å². The summed E-state index contributed by atoms with van der Waals surface area (Å²) in [5, 5.41) is 19.0. The van der Waals surface area contributed by atoms with Gasteiger partial charge in [-0.3, -0.25) is 4.79 Å². The third-order valence-electron chi connectivity index (χ3n) is 3.52. The van der Waals surface area contributed by atoms with Crippen molar-refractivity contribution in [3.63, 3.8) is 0 Å². The summed E-state index contributed by atoms with van der Waals surface area (Å²) in [6, 6.07) is -0.651. The summed E-state index contributed by atoms with van der Waals surface area (Å²) in [5.41, 5.74) is -0.622. The van der Waals surface area contributed by atoms with E-state index in [4.69, 9.17) is 9.84 Å². The lowest BCUT2D eigenvalue weighted by atomic mass is 9.99. The Morgan fingerprint density at radius 3 is 2.39 bits per heavy atom. The standard InChI is InChI=1S/C12H19NO5/c1-12(2,3)18-11(17)13-5-6-4-7(14)9(13)8(6)10(15)16/h6-9,14H,4-5H2,1-3H3,(H,15,16)/t6-,7+,8-,9+/m1/s1. The second kappa shape index (κ2) is 4.12. The highest BCUT2D eigenvalue weighted by molar-refractivity contribution is 5.76. The Morgan fingerprint density at radius 2 is 1.94 bits per heavy atom. The fraction of sp³-hybridized carbons (Fsp3) is 0.833. The number of aliphatic carboxylic acids is 1. The van der Waals surface area contributed by atoms with Gasteiger partial charge in [0, 0.05) is 6.54 Å². The number of piperidine rings is 1. The largest absolute Gasteiger partial charge is 0.481 e. The second-order valence-electron chi connectivity index (χ2n) is 6.05. The van der Waals surface area contributed by atoms with Crippen molar-refractivity contribution in [2.45, 2.75) is 44.9 Å². The number of fused-ring (bicyclic) bond motifs is 2. The molecule has 1 aliphatic carbocycles. The van der Waals surface area contributed by atoms with Crippen molar-refractivity contribution in [1.82, 2.24) is 4.90 Å². The first kappa shape index (κ1) is 13.1. The normalized spacial score (nSPS) is 34.8. The maximum atomic E-state index is 12.0. The zero-order valence-corrected chi connectivity index (χ0v) is 10.8. The molecule has 2 bridgehead atoms. The average molecular weight is 257 g/mol. The van der Waals surface area contributed by atoms with Gasteiger partial charge in [-0.1, -0.05) is 0 Å². The molecule has 0 radical (unpaired) electrons. The molecule has 102 valence electrons. The number of rotatable bonds is 1. The number of aliphatic hydroxyl groups excluding tert-OH is 1. The van der Waals surface area contributed by atoms with Gasteiger partial charge in [0.25, 0.3) is 0 Å². The predicted molar refractivity (Wildman–Crippen MR) is 62.0 cm³/mol. The number of carboxylic acid groups (broad SMARTS) is 1. The summed E-state index contributed by atoms with van der Waals surface area (Å²) < 4.78 is 5.23. The van der Waals surface area contributed by atoms with Gasteiger partial charge in [-0.2, -0.15) is 0 Å². The number of carbonyl (C=O) groups excluding carboxylic acids is 1. The lowest BCUT2D eigenvalue weighted by Gasteiger charge is -2.32. The van der Waals surface area contributed by atoms with Gasteiger partial charge in [-0.05, 0) is 33.1 Å². The zero-order valence-electron chi connectivity index (χ0n) is 10.8. The van der Waals surface area contributed by atoms with Gasteiger partial charge < -0.3 is 19.8 Å². The van der Waals surface area contributed by atoms with Gasteiger partial charge in [-0.15, -0.1) is 0 Å². The molecule has 1 amide bonds. The Hall–Kier alpha value is -1.30. The van der Waals surface area contributed by atoms with Crippen LogP contribution in [0.25, 0.3) is 0 Å². The van der Waals surface area contributed by atoms with Crippen molar-refractivity contribution in [1.29, 1.82) is 0 Å². The maximum Gasteiger partial charge on any atom is 0.410 e. The number of likely N-dealkylation sites (tertiary alicyclic amines) is 1. The van der Waals surface area contributed by atoms with Crippen molar-refractivity contribution < 1.29 is 24.5 Å². The van der Waals surface area contributed by atoms with E-state index in [0.717, 1.165) is 0 Å². The fourth-order valence-corrected chi connectivity index (χ4v) is 2.94. The molecule has 2 rings (SSSR count). The van der Waals surface area contributed by atoms with E-state index in [-0.39, 0.29) is 5.92 Å². The Morgan fingerprint density at radius 1 is 1.33 bits per heavy atom. The highest BCUT2D eigenvalue weighted by atomic mass is 16.6. The molecule has 0 spiro atoms. The molecule has 2 fully saturated rings. The average Bonchev–Trinajstić information content (AvgIpc) is 2.67. The van der Waals surface area contributed by atoms with Crippen LogP contribution in [-0.4, -0.2) is 51.5 Å². The molecular weight excluding hydrogens is 238 g/mol. The summed E-state index contributed by atoms with van der Waals surface area (Å²) in [7, 11) is 0. The summed E-state index contributed by atoms with van der Waals surface area (Å²) >= 11 is 0. The van der Waals surface area contributed by atoms with E-state index >= 15 is 0 Å². The fourth-order valence-electron chi connectivity index (χ4n) is 2.94. The molecule has 1 saturated heterocycles. The summed E-state index contributed by atoms with van der Waals surface area (Å²) in [6.07, 6.45) is -0.863. The molecular formula is C12H19NO5. The molecule has 0 aromatic heterocycles. The number of ether oxygens (including phenoxy) is 1. The van der Waals surface area contributed by atoms with Gasteiger partial charge in [0.15, 0.2) is 0 Å². The number of carbonyl (C=O) groups is 2. The topological polar surface area (TPSA) is 87.1 Å². The molecule has 6 heteroatoms. The van der Waals surface area contributed by atoms with Crippen LogP contribution in [0.1, 0.15) is 27.2 Å². The molecule has 2 aliphatic rings. The minimum absolute atomic E-state index is 0.171. The molecule has 0 unspecified atom stereocenters. The Bertz CT molecular complexity index is 375. The number of aliphatic hydroxyl groups is 1. The van der Waals surface area contributed by atoms with Crippen LogP contribution in [0.2, 0.25) is 0 Å². The SMILES string of the molecule is CC(C)(C)OC(=O)N1C[C@H]2C[C@H](O)[C@H]1[C@@H]2C(=O)O. The third-order valence-corrected chi connectivity index (χ3v) is 3.52. The van der Waals surface area contributed by atoms with Crippen LogP contribution in [0.15, 0.2) is 0 Å². The lowest BCUT2D eigenvalue weighted by molar-refractivity contribution is -0.143. The Kier molecular flexibility index (Phi) is 3.01. The van der Waals surface area contributed by atoms with E-state index in [9.17, 15) is 14.7 Å². The van der Waals surface area contributed by atoms with Crippen LogP contribution in [0, 0.1) is 11.8 Å². The summed E-state index contributed by atoms with van der Waals surface area (Å²) in [4.78, 5) is 24.5. The summed E-state index contributed by atoms with van der Waals surface area (Å²) in [6.45, 7) is 5.62. The van der Waals surface area contributed by atoms with Gasteiger partial charge >= 0.3 is 12.1 Å². The lowest BCUT2D eigenvalue weighted by Crippen LogP contribution is -2.48. The molecule has 4 atom stereocenters. The van der Waals surface area contributed by atoms with Crippen molar-refractivity contribution >= 4 is 12.1 Å². The molecule has 2 N–H and O–H groups in total. The van der Waals surface area contributed by atoms with Crippen molar-refractivity contribution in [2.75, 3.05) is 6.54 Å². The van der Waals surface area contributed by atoms with E-state index in [0.29, 0.717) is 13.0 Å². The minimum Gasteiger partial charge on any atom is -0.481 e. The smallest absolute Gasteiger partial charge is 0.410 e. The number of hydrogen-bond donors (Lipinski definition) is 2. The Labute approximate surface area is 106 Å². The second-order valence-corrected chi connectivity index (χ2v) is 6.05. The minimum atomic E-state index is -0.951. The van der Waals surface area contributed by atoms with E-state index in [2.05, 4.69) is 0 Å². The van der Waals surface area contributed by atoms with Crippen LogP contribution in [0.3, 0.4) is 0 Å². The first-order valence-corrected chi connectivity index (χ1v) is 6.11.